The minimum Gasteiger partial charge on any atom is -0.311 e. The summed E-state index contributed by atoms with van der Waals surface area (Å²) in [6.07, 6.45) is 0. The number of hydrogen-bond acceptors (Lipinski definition) is 2. The van der Waals surface area contributed by atoms with Crippen LogP contribution in [0, 0.1) is 0 Å². The summed E-state index contributed by atoms with van der Waals surface area (Å²) in [5.74, 6) is 0. The number of fused-ring (bicyclic) bond motifs is 7. The molecule has 0 atom stereocenters. The molecule has 16 aromatic rings. The zero-order chi connectivity index (χ0) is 63.6. The van der Waals surface area contributed by atoms with E-state index in [1.54, 1.807) is 0 Å². The number of anilines is 6. The molecule has 2 aliphatic heterocycles. The number of nitrogens with zero attached hydrogens (tertiary/aromatic N) is 3. The summed E-state index contributed by atoms with van der Waals surface area (Å²) in [7, 11) is -6.24. The first-order chi connectivity index (χ1) is 47.7. The number of hydrogen-bond donors (Lipinski definition) is 0. The van der Waals surface area contributed by atoms with Gasteiger partial charge >= 0.3 is 0 Å². The average Bonchev–Trinajstić information content (AvgIpc) is 0.749. The van der Waals surface area contributed by atoms with Crippen LogP contribution >= 0.6 is 0 Å². The SMILES string of the molecule is c1ccc(-c2cccc(N3c4cc([Si](c5ccccc5)(c5ccccc5)c5ccccc5)ccc4B4c5ccc([Si](c6ccccc6)(c6ccccc6)c6ccccc6)cc5N(c5ccccc5-c5ccccc5)c5cc(-n6c7ccccc7c7ccccc76)cc3c54)c2)cc1. The fourth-order valence-corrected chi connectivity index (χ4v) is 26.0. The summed E-state index contributed by atoms with van der Waals surface area (Å²) in [5.41, 5.74) is 18.6. The molecule has 450 valence electrons. The lowest BCUT2D eigenvalue weighted by atomic mass is 9.33. The average molecular weight is 1250 g/mol. The maximum atomic E-state index is 2.67. The number of para-hydroxylation sites is 3. The van der Waals surface area contributed by atoms with Crippen molar-refractivity contribution in [3.8, 4) is 27.9 Å². The Morgan fingerprint density at radius 2 is 0.583 bits per heavy atom. The molecule has 3 heterocycles. The molecule has 3 nitrogen and oxygen atoms in total. The second-order valence-corrected chi connectivity index (χ2v) is 33.0. The highest BCUT2D eigenvalue weighted by Crippen LogP contribution is 2.48. The molecule has 0 spiro atoms. The van der Waals surface area contributed by atoms with Crippen LogP contribution in [0.2, 0.25) is 0 Å². The zero-order valence-electron chi connectivity index (χ0n) is 52.9. The fraction of sp³-hybridized carbons (Fsp3) is 0. The third-order valence-electron chi connectivity index (χ3n) is 20.4. The molecule has 0 unspecified atom stereocenters. The van der Waals surface area contributed by atoms with Crippen LogP contribution in [0.4, 0.5) is 34.1 Å². The molecule has 0 N–H and O–H groups in total. The van der Waals surface area contributed by atoms with E-state index in [4.69, 9.17) is 0 Å². The van der Waals surface area contributed by atoms with E-state index in [1.165, 1.54) is 74.2 Å². The van der Waals surface area contributed by atoms with Crippen molar-refractivity contribution in [2.24, 2.45) is 0 Å². The van der Waals surface area contributed by atoms with Crippen LogP contribution in [-0.2, 0) is 0 Å². The van der Waals surface area contributed by atoms with E-state index < -0.39 is 16.1 Å². The van der Waals surface area contributed by atoms with E-state index in [2.05, 4.69) is 403 Å². The number of aromatic nitrogens is 1. The Bertz CT molecular complexity index is 5290. The molecule has 96 heavy (non-hydrogen) atoms. The van der Waals surface area contributed by atoms with Gasteiger partial charge in [-0.3, -0.25) is 0 Å². The molecular formula is C90H64BN3Si2. The lowest BCUT2D eigenvalue weighted by Gasteiger charge is -2.46. The van der Waals surface area contributed by atoms with Crippen molar-refractivity contribution in [3.63, 3.8) is 0 Å². The monoisotopic (exact) mass is 1250 g/mol. The van der Waals surface area contributed by atoms with Crippen LogP contribution < -0.4 is 67.7 Å². The molecule has 0 saturated carbocycles. The van der Waals surface area contributed by atoms with Crippen molar-refractivity contribution in [1.29, 1.82) is 0 Å². The Morgan fingerprint density at radius 1 is 0.219 bits per heavy atom. The summed E-state index contributed by atoms with van der Waals surface area (Å²) < 4.78 is 2.53. The van der Waals surface area contributed by atoms with Gasteiger partial charge in [0.25, 0.3) is 6.71 Å². The molecule has 0 saturated heterocycles. The molecule has 0 aliphatic carbocycles. The predicted octanol–water partition coefficient (Wildman–Crippen LogP) is 15.0. The van der Waals surface area contributed by atoms with Gasteiger partial charge in [0, 0.05) is 44.8 Å². The summed E-state index contributed by atoms with van der Waals surface area (Å²) >= 11 is 0. The Hall–Kier alpha value is -11.8. The predicted molar refractivity (Wildman–Crippen MR) is 413 cm³/mol. The fourth-order valence-electron chi connectivity index (χ4n) is 16.4. The molecule has 0 amide bonds. The summed E-state index contributed by atoms with van der Waals surface area (Å²) in [6, 6.07) is 147. The van der Waals surface area contributed by atoms with Crippen molar-refractivity contribution in [3.05, 3.63) is 388 Å². The van der Waals surface area contributed by atoms with Crippen molar-refractivity contribution in [2.75, 3.05) is 9.80 Å². The molecule has 0 radical (unpaired) electrons. The second-order valence-electron chi connectivity index (χ2n) is 25.4. The Morgan fingerprint density at radius 3 is 1.04 bits per heavy atom. The molecular weight excluding hydrogens is 1190 g/mol. The van der Waals surface area contributed by atoms with Gasteiger partial charge in [0.05, 0.1) is 22.4 Å². The van der Waals surface area contributed by atoms with Gasteiger partial charge in [0.1, 0.15) is 0 Å². The van der Waals surface area contributed by atoms with Crippen LogP contribution in [0.1, 0.15) is 0 Å². The summed E-state index contributed by atoms with van der Waals surface area (Å²) in [6.45, 7) is -0.216. The number of benzene rings is 15. The largest absolute Gasteiger partial charge is 0.311 e. The highest BCUT2D eigenvalue weighted by molar-refractivity contribution is 7.20. The second kappa shape index (κ2) is 23.6. The Balaban J connectivity index is 1.02. The van der Waals surface area contributed by atoms with Crippen LogP contribution in [-0.4, -0.2) is 27.4 Å². The van der Waals surface area contributed by atoms with Crippen LogP contribution in [0.5, 0.6) is 0 Å². The van der Waals surface area contributed by atoms with Crippen LogP contribution in [0.15, 0.2) is 388 Å². The Kier molecular flexibility index (Phi) is 14.0. The van der Waals surface area contributed by atoms with Crippen LogP contribution in [0.3, 0.4) is 0 Å². The third kappa shape index (κ3) is 9.01. The smallest absolute Gasteiger partial charge is 0.252 e. The first-order valence-electron chi connectivity index (χ1n) is 33.3. The molecule has 0 bridgehead atoms. The van der Waals surface area contributed by atoms with Gasteiger partial charge in [0.2, 0.25) is 0 Å². The first-order valence-corrected chi connectivity index (χ1v) is 37.3. The lowest BCUT2D eigenvalue weighted by molar-refractivity contribution is 1.16. The maximum Gasteiger partial charge on any atom is 0.252 e. The minimum atomic E-state index is -3.12. The standard InChI is InChI=1S/C90H64BN3Si2/c1-9-32-65(33-10-1)67-36-31-37-68(60-67)92-86-63-76(95(70-38-13-3-14-39-70,71-40-15-4-16-41-71)72-42-17-5-18-43-72)56-58-81(86)91-82-59-57-77(96(73-44-19-6-20-45-73,74-46-21-7-22-47-74)75-48-23-8-24-49-75)64-87(82)94(83-53-28-25-50-78(83)66-34-11-2-12-35-66)89-62-69(61-88(92)90(89)91)93-84-54-29-26-51-79(84)80-52-27-30-55-85(80)93/h1-64H. The molecule has 2 aliphatic rings. The molecule has 0 fully saturated rings. The lowest BCUT2D eigenvalue weighted by Crippen LogP contribution is -2.75. The van der Waals surface area contributed by atoms with Gasteiger partial charge in [0.15, 0.2) is 16.1 Å². The van der Waals surface area contributed by atoms with E-state index in [1.807, 2.05) is 0 Å². The quantitative estimate of drug-likeness (QED) is 0.0842. The topological polar surface area (TPSA) is 11.4 Å². The van der Waals surface area contributed by atoms with E-state index in [0.717, 1.165) is 67.5 Å². The maximum absolute atomic E-state index is 3.12. The van der Waals surface area contributed by atoms with Crippen molar-refractivity contribution < 1.29 is 0 Å². The van der Waals surface area contributed by atoms with Crippen molar-refractivity contribution in [2.45, 2.75) is 0 Å². The minimum absolute atomic E-state index is 0.216. The molecule has 18 rings (SSSR count). The zero-order valence-corrected chi connectivity index (χ0v) is 54.9. The van der Waals surface area contributed by atoms with Gasteiger partial charge in [-0.15, -0.1) is 0 Å². The van der Waals surface area contributed by atoms with E-state index >= 15 is 0 Å². The molecule has 6 heteroatoms. The molecule has 15 aromatic carbocycles. The van der Waals surface area contributed by atoms with E-state index in [-0.39, 0.29) is 6.71 Å². The van der Waals surface area contributed by atoms with Gasteiger partial charge in [-0.2, -0.15) is 0 Å². The summed E-state index contributed by atoms with van der Waals surface area (Å²) in [4.78, 5) is 5.32. The van der Waals surface area contributed by atoms with Gasteiger partial charge in [-0.05, 0) is 129 Å². The van der Waals surface area contributed by atoms with Gasteiger partial charge in [-0.25, -0.2) is 0 Å². The van der Waals surface area contributed by atoms with E-state index in [9.17, 15) is 0 Å². The third-order valence-corrected chi connectivity index (χ3v) is 30.0. The van der Waals surface area contributed by atoms with Crippen LogP contribution in [0.25, 0.3) is 49.7 Å². The Labute approximate surface area is 563 Å². The van der Waals surface area contributed by atoms with Gasteiger partial charge in [-0.1, -0.05) is 334 Å². The highest BCUT2D eigenvalue weighted by atomic mass is 28.3. The van der Waals surface area contributed by atoms with Crippen molar-refractivity contribution in [1.82, 2.24) is 4.57 Å². The van der Waals surface area contributed by atoms with Crippen molar-refractivity contribution >= 4 is 137 Å². The van der Waals surface area contributed by atoms with E-state index in [0.29, 0.717) is 0 Å². The normalized spacial score (nSPS) is 12.5. The first kappa shape index (κ1) is 56.9. The van der Waals surface area contributed by atoms with Gasteiger partial charge < -0.3 is 14.4 Å². The number of rotatable bonds is 13. The summed E-state index contributed by atoms with van der Waals surface area (Å²) in [5, 5.41) is 13.0. The highest BCUT2D eigenvalue weighted by Gasteiger charge is 2.49. The molecule has 1 aromatic heterocycles.